The molecule has 0 spiro atoms. The number of halogens is 2. The van der Waals surface area contributed by atoms with E-state index in [2.05, 4.69) is 10.5 Å². The summed E-state index contributed by atoms with van der Waals surface area (Å²) in [7, 11) is 1.84. The summed E-state index contributed by atoms with van der Waals surface area (Å²) < 4.78 is 14.7. The standard InChI is InChI=1S/C13H16ClFN4/c1-8-13(14)12(19(2)18-8)7-11(17-16)9-3-5-10(15)6-4-9/h3-6,11,17H,7,16H2,1-2H3. The van der Waals surface area contributed by atoms with E-state index in [0.717, 1.165) is 17.0 Å². The number of nitrogens with two attached hydrogens (primary N) is 1. The van der Waals surface area contributed by atoms with E-state index in [-0.39, 0.29) is 11.9 Å². The van der Waals surface area contributed by atoms with Gasteiger partial charge in [0.15, 0.2) is 0 Å². The highest BCUT2D eigenvalue weighted by molar-refractivity contribution is 6.31. The topological polar surface area (TPSA) is 55.9 Å². The van der Waals surface area contributed by atoms with Gasteiger partial charge in [0, 0.05) is 13.5 Å². The maximum atomic E-state index is 12.9. The molecule has 0 saturated heterocycles. The Balaban J connectivity index is 2.26. The van der Waals surface area contributed by atoms with Crippen LogP contribution in [0.25, 0.3) is 0 Å². The first-order valence-corrected chi connectivity index (χ1v) is 6.30. The van der Waals surface area contributed by atoms with Gasteiger partial charge in [0.05, 0.1) is 22.5 Å². The van der Waals surface area contributed by atoms with Crippen molar-refractivity contribution in [3.63, 3.8) is 0 Å². The molecule has 0 saturated carbocycles. The molecule has 0 amide bonds. The van der Waals surface area contributed by atoms with E-state index < -0.39 is 0 Å². The Bertz CT molecular complexity index is 565. The average molecular weight is 283 g/mol. The Hall–Kier alpha value is -1.43. The highest BCUT2D eigenvalue weighted by Gasteiger charge is 2.17. The Morgan fingerprint density at radius 3 is 2.53 bits per heavy atom. The second-order valence-corrected chi connectivity index (χ2v) is 4.82. The smallest absolute Gasteiger partial charge is 0.123 e. The van der Waals surface area contributed by atoms with Gasteiger partial charge in [-0.3, -0.25) is 16.0 Å². The third-order valence-corrected chi connectivity index (χ3v) is 3.62. The number of rotatable bonds is 4. The van der Waals surface area contributed by atoms with Crippen molar-refractivity contribution in [3.05, 3.63) is 52.1 Å². The largest absolute Gasteiger partial charge is 0.271 e. The van der Waals surface area contributed by atoms with Gasteiger partial charge in [0.25, 0.3) is 0 Å². The lowest BCUT2D eigenvalue weighted by Crippen LogP contribution is -2.30. The van der Waals surface area contributed by atoms with Crippen LogP contribution in [0.2, 0.25) is 5.02 Å². The number of aromatic nitrogens is 2. The van der Waals surface area contributed by atoms with Crippen LogP contribution in [0.4, 0.5) is 4.39 Å². The van der Waals surface area contributed by atoms with Crippen LogP contribution in [-0.2, 0) is 13.5 Å². The molecule has 3 N–H and O–H groups in total. The van der Waals surface area contributed by atoms with Gasteiger partial charge in [0.1, 0.15) is 5.82 Å². The van der Waals surface area contributed by atoms with E-state index in [1.165, 1.54) is 12.1 Å². The third kappa shape index (κ3) is 2.94. The monoisotopic (exact) mass is 282 g/mol. The molecule has 0 aliphatic carbocycles. The summed E-state index contributed by atoms with van der Waals surface area (Å²) in [6, 6.07) is 6.09. The molecule has 6 heteroatoms. The van der Waals surface area contributed by atoms with Crippen molar-refractivity contribution >= 4 is 11.6 Å². The SMILES string of the molecule is Cc1nn(C)c(CC(NN)c2ccc(F)cc2)c1Cl. The van der Waals surface area contributed by atoms with E-state index in [4.69, 9.17) is 17.4 Å². The minimum atomic E-state index is -0.270. The van der Waals surface area contributed by atoms with Crippen LogP contribution in [0.15, 0.2) is 24.3 Å². The molecule has 0 fully saturated rings. The van der Waals surface area contributed by atoms with E-state index in [9.17, 15) is 4.39 Å². The van der Waals surface area contributed by atoms with Crippen LogP contribution in [-0.4, -0.2) is 9.78 Å². The average Bonchev–Trinajstić information content (AvgIpc) is 2.63. The van der Waals surface area contributed by atoms with Crippen LogP contribution < -0.4 is 11.3 Å². The molecule has 1 atom stereocenters. The van der Waals surface area contributed by atoms with Crippen molar-refractivity contribution < 1.29 is 4.39 Å². The van der Waals surface area contributed by atoms with Gasteiger partial charge in [-0.05, 0) is 24.6 Å². The van der Waals surface area contributed by atoms with Crippen LogP contribution in [0.3, 0.4) is 0 Å². The Kier molecular flexibility index (Phi) is 4.19. The molecule has 4 nitrogen and oxygen atoms in total. The molecule has 102 valence electrons. The lowest BCUT2D eigenvalue weighted by atomic mass is 10.0. The predicted molar refractivity (Wildman–Crippen MR) is 73.1 cm³/mol. The van der Waals surface area contributed by atoms with Gasteiger partial charge >= 0.3 is 0 Å². The highest BCUT2D eigenvalue weighted by Crippen LogP contribution is 2.25. The fourth-order valence-electron chi connectivity index (χ4n) is 2.06. The lowest BCUT2D eigenvalue weighted by Gasteiger charge is -2.16. The molecule has 1 heterocycles. The molecule has 0 aliphatic rings. The summed E-state index contributed by atoms with van der Waals surface area (Å²) in [4.78, 5) is 0. The number of benzene rings is 1. The van der Waals surface area contributed by atoms with Gasteiger partial charge < -0.3 is 0 Å². The van der Waals surface area contributed by atoms with Crippen LogP contribution in [0.1, 0.15) is 23.0 Å². The van der Waals surface area contributed by atoms with E-state index >= 15 is 0 Å². The predicted octanol–water partition coefficient (Wildman–Crippen LogP) is 2.27. The van der Waals surface area contributed by atoms with Crippen molar-refractivity contribution in [1.82, 2.24) is 15.2 Å². The number of hydrazine groups is 1. The van der Waals surface area contributed by atoms with Gasteiger partial charge in [-0.15, -0.1) is 0 Å². The normalized spacial score (nSPS) is 12.7. The van der Waals surface area contributed by atoms with Gasteiger partial charge in [-0.2, -0.15) is 5.10 Å². The van der Waals surface area contributed by atoms with Gasteiger partial charge in [0.2, 0.25) is 0 Å². The quantitative estimate of drug-likeness (QED) is 0.668. The van der Waals surface area contributed by atoms with Crippen molar-refractivity contribution in [2.24, 2.45) is 12.9 Å². The third-order valence-electron chi connectivity index (χ3n) is 3.13. The molecule has 0 aliphatic heterocycles. The van der Waals surface area contributed by atoms with Crippen molar-refractivity contribution in [2.45, 2.75) is 19.4 Å². The molecule has 2 aromatic rings. The van der Waals surface area contributed by atoms with Crippen molar-refractivity contribution in [2.75, 3.05) is 0 Å². The first-order chi connectivity index (χ1) is 9.02. The van der Waals surface area contributed by atoms with Crippen molar-refractivity contribution in [3.8, 4) is 0 Å². The van der Waals surface area contributed by atoms with E-state index in [0.29, 0.717) is 11.4 Å². The molecule has 19 heavy (non-hydrogen) atoms. The summed E-state index contributed by atoms with van der Waals surface area (Å²) in [5.41, 5.74) is 5.31. The molecule has 0 radical (unpaired) electrons. The maximum Gasteiger partial charge on any atom is 0.123 e. The number of nitrogens with one attached hydrogen (secondary N) is 1. The molecular formula is C13H16ClFN4. The minimum Gasteiger partial charge on any atom is -0.271 e. The molecule has 2 rings (SSSR count). The zero-order valence-electron chi connectivity index (χ0n) is 10.8. The van der Waals surface area contributed by atoms with Crippen molar-refractivity contribution in [1.29, 1.82) is 0 Å². The molecule has 0 bridgehead atoms. The first kappa shape index (κ1) is 14.0. The molecule has 1 aromatic heterocycles. The number of hydrogen-bond acceptors (Lipinski definition) is 3. The number of nitrogens with zero attached hydrogens (tertiary/aromatic N) is 2. The Morgan fingerprint density at radius 2 is 2.05 bits per heavy atom. The fraction of sp³-hybridized carbons (Fsp3) is 0.308. The number of aryl methyl sites for hydroxylation is 2. The summed E-state index contributed by atoms with van der Waals surface area (Å²) in [5, 5.41) is 4.91. The maximum absolute atomic E-state index is 12.9. The lowest BCUT2D eigenvalue weighted by molar-refractivity contribution is 0.528. The molecule has 1 unspecified atom stereocenters. The van der Waals surface area contributed by atoms with E-state index in [1.807, 2.05) is 14.0 Å². The summed E-state index contributed by atoms with van der Waals surface area (Å²) in [5.74, 6) is 5.31. The second-order valence-electron chi connectivity index (χ2n) is 4.44. The van der Waals surface area contributed by atoms with E-state index in [1.54, 1.807) is 16.8 Å². The zero-order chi connectivity index (χ0) is 14.0. The molecular weight excluding hydrogens is 267 g/mol. The van der Waals surface area contributed by atoms with Crippen LogP contribution in [0.5, 0.6) is 0 Å². The summed E-state index contributed by atoms with van der Waals surface area (Å²) in [6.45, 7) is 1.86. The first-order valence-electron chi connectivity index (χ1n) is 5.92. The van der Waals surface area contributed by atoms with Gasteiger partial charge in [-0.1, -0.05) is 23.7 Å². The highest BCUT2D eigenvalue weighted by atomic mass is 35.5. The van der Waals surface area contributed by atoms with Crippen LogP contribution >= 0.6 is 11.6 Å². The Labute approximate surface area is 116 Å². The fourth-order valence-corrected chi connectivity index (χ4v) is 2.30. The zero-order valence-corrected chi connectivity index (χ0v) is 11.6. The number of hydrogen-bond donors (Lipinski definition) is 2. The molecule has 1 aromatic carbocycles. The summed E-state index contributed by atoms with van der Waals surface area (Å²) >= 11 is 6.22. The van der Waals surface area contributed by atoms with Gasteiger partial charge in [-0.25, -0.2) is 4.39 Å². The Morgan fingerprint density at radius 1 is 1.42 bits per heavy atom. The summed E-state index contributed by atoms with van der Waals surface area (Å²) in [6.07, 6.45) is 0.582. The second kappa shape index (κ2) is 5.69. The minimum absolute atomic E-state index is 0.145. The van der Waals surface area contributed by atoms with Crippen LogP contribution in [0, 0.1) is 12.7 Å².